The average molecular weight is 271 g/mol. The Balaban J connectivity index is 2.25. The smallest absolute Gasteiger partial charge is 0.125 e. The number of nitrogens with zero attached hydrogens (tertiary/aromatic N) is 1. The summed E-state index contributed by atoms with van der Waals surface area (Å²) < 4.78 is 13.4. The molecule has 1 fully saturated rings. The molecule has 1 N–H and O–H groups in total. The second-order valence-electron chi connectivity index (χ2n) is 4.93. The van der Waals surface area contributed by atoms with E-state index in [1.165, 1.54) is 12.1 Å². The molecule has 0 radical (unpaired) electrons. The molecular formula is C14H20ClFN2. The molecule has 2 nitrogen and oxygen atoms in total. The van der Waals surface area contributed by atoms with Gasteiger partial charge in [0.2, 0.25) is 0 Å². The van der Waals surface area contributed by atoms with E-state index in [1.54, 1.807) is 6.07 Å². The maximum Gasteiger partial charge on any atom is 0.125 e. The van der Waals surface area contributed by atoms with Gasteiger partial charge in [0.15, 0.2) is 0 Å². The van der Waals surface area contributed by atoms with Gasteiger partial charge >= 0.3 is 0 Å². The van der Waals surface area contributed by atoms with Crippen LogP contribution in [0.4, 0.5) is 10.1 Å². The van der Waals surface area contributed by atoms with E-state index in [0.29, 0.717) is 5.02 Å². The monoisotopic (exact) mass is 270 g/mol. The molecule has 0 aliphatic carbocycles. The Morgan fingerprint density at radius 2 is 2.11 bits per heavy atom. The molecule has 0 aromatic heterocycles. The molecule has 18 heavy (non-hydrogen) atoms. The van der Waals surface area contributed by atoms with Gasteiger partial charge in [0.25, 0.3) is 0 Å². The van der Waals surface area contributed by atoms with Crippen molar-refractivity contribution in [2.75, 3.05) is 24.5 Å². The van der Waals surface area contributed by atoms with E-state index < -0.39 is 0 Å². The van der Waals surface area contributed by atoms with Crippen LogP contribution in [0.25, 0.3) is 0 Å². The van der Waals surface area contributed by atoms with Crippen molar-refractivity contribution in [1.82, 2.24) is 5.32 Å². The molecule has 1 aliphatic heterocycles. The molecule has 0 bridgehead atoms. The maximum absolute atomic E-state index is 13.4. The van der Waals surface area contributed by atoms with Gasteiger partial charge in [0.1, 0.15) is 5.82 Å². The summed E-state index contributed by atoms with van der Waals surface area (Å²) in [7, 11) is 0. The number of anilines is 1. The Bertz CT molecular complexity index is 418. The van der Waals surface area contributed by atoms with Crippen LogP contribution < -0.4 is 10.2 Å². The van der Waals surface area contributed by atoms with Crippen LogP contribution in [-0.4, -0.2) is 25.2 Å². The van der Waals surface area contributed by atoms with Gasteiger partial charge in [0, 0.05) is 25.2 Å². The number of piperazine rings is 1. The Morgan fingerprint density at radius 3 is 2.78 bits per heavy atom. The van der Waals surface area contributed by atoms with Crippen molar-refractivity contribution in [2.24, 2.45) is 0 Å². The van der Waals surface area contributed by atoms with Gasteiger partial charge in [0.05, 0.1) is 10.7 Å². The van der Waals surface area contributed by atoms with Gasteiger partial charge in [-0.15, -0.1) is 0 Å². The number of rotatable bonds is 3. The molecular weight excluding hydrogens is 251 g/mol. The lowest BCUT2D eigenvalue weighted by atomic mass is 9.90. The Kier molecular flexibility index (Phi) is 4.13. The Hall–Kier alpha value is -0.800. The molecule has 4 heteroatoms. The van der Waals surface area contributed by atoms with E-state index >= 15 is 0 Å². The predicted molar refractivity (Wildman–Crippen MR) is 74.9 cm³/mol. The normalized spacial score (nSPS) is 19.0. The lowest BCUT2D eigenvalue weighted by Crippen LogP contribution is -2.60. The van der Waals surface area contributed by atoms with Gasteiger partial charge in [-0.05, 0) is 31.0 Å². The fourth-order valence-electron chi connectivity index (χ4n) is 2.61. The first-order valence-electron chi connectivity index (χ1n) is 6.55. The first kappa shape index (κ1) is 13.6. The van der Waals surface area contributed by atoms with Crippen molar-refractivity contribution in [2.45, 2.75) is 32.2 Å². The molecule has 0 saturated carbocycles. The summed E-state index contributed by atoms with van der Waals surface area (Å²) in [5, 5.41) is 4.21. The first-order valence-corrected chi connectivity index (χ1v) is 6.93. The maximum atomic E-state index is 13.4. The zero-order chi connectivity index (χ0) is 13.2. The molecule has 0 spiro atoms. The highest BCUT2D eigenvalue weighted by Gasteiger charge is 2.32. The first-order chi connectivity index (χ1) is 8.60. The summed E-state index contributed by atoms with van der Waals surface area (Å²) in [6, 6.07) is 4.57. The SMILES string of the molecule is CCC1(CC)CN(c2cc(F)ccc2Cl)CCN1. The highest BCUT2D eigenvalue weighted by molar-refractivity contribution is 6.33. The number of benzene rings is 1. The lowest BCUT2D eigenvalue weighted by molar-refractivity contribution is 0.277. The summed E-state index contributed by atoms with van der Waals surface area (Å²) >= 11 is 6.18. The largest absolute Gasteiger partial charge is 0.367 e. The molecule has 1 saturated heterocycles. The minimum Gasteiger partial charge on any atom is -0.367 e. The van der Waals surface area contributed by atoms with Gasteiger partial charge in [-0.2, -0.15) is 0 Å². The number of nitrogens with one attached hydrogen (secondary N) is 1. The number of halogens is 2. The quantitative estimate of drug-likeness (QED) is 0.905. The molecule has 0 atom stereocenters. The zero-order valence-electron chi connectivity index (χ0n) is 11.0. The minimum absolute atomic E-state index is 0.119. The average Bonchev–Trinajstić information content (AvgIpc) is 2.41. The topological polar surface area (TPSA) is 15.3 Å². The van der Waals surface area contributed by atoms with Crippen molar-refractivity contribution in [1.29, 1.82) is 0 Å². The van der Waals surface area contributed by atoms with Crippen molar-refractivity contribution in [3.05, 3.63) is 29.0 Å². The van der Waals surface area contributed by atoms with Crippen molar-refractivity contribution < 1.29 is 4.39 Å². The van der Waals surface area contributed by atoms with Crippen LogP contribution in [0.1, 0.15) is 26.7 Å². The van der Waals surface area contributed by atoms with Gasteiger partial charge in [-0.3, -0.25) is 0 Å². The molecule has 1 aliphatic rings. The third kappa shape index (κ3) is 2.62. The third-order valence-corrected chi connectivity index (χ3v) is 4.30. The second-order valence-corrected chi connectivity index (χ2v) is 5.34. The van der Waals surface area contributed by atoms with Gasteiger partial charge in [-0.1, -0.05) is 25.4 Å². The molecule has 2 rings (SSSR count). The van der Waals surface area contributed by atoms with Crippen LogP contribution in [0.3, 0.4) is 0 Å². The summed E-state index contributed by atoms with van der Waals surface area (Å²) in [4.78, 5) is 2.19. The van der Waals surface area contributed by atoms with Crippen LogP contribution in [0, 0.1) is 5.82 Å². The highest BCUT2D eigenvalue weighted by Crippen LogP contribution is 2.30. The fraction of sp³-hybridized carbons (Fsp3) is 0.571. The Morgan fingerprint density at radius 1 is 1.39 bits per heavy atom. The molecule has 100 valence electrons. The van der Waals surface area contributed by atoms with E-state index in [9.17, 15) is 4.39 Å². The van der Waals surface area contributed by atoms with Crippen LogP contribution in [0.5, 0.6) is 0 Å². The zero-order valence-corrected chi connectivity index (χ0v) is 11.7. The molecule has 0 amide bonds. The van der Waals surface area contributed by atoms with Crippen LogP contribution in [0.15, 0.2) is 18.2 Å². The third-order valence-electron chi connectivity index (χ3n) is 3.98. The van der Waals surface area contributed by atoms with E-state index in [1.807, 2.05) is 0 Å². The van der Waals surface area contributed by atoms with Crippen molar-refractivity contribution in [3.8, 4) is 0 Å². The second kappa shape index (κ2) is 5.45. The van der Waals surface area contributed by atoms with E-state index in [0.717, 1.165) is 38.2 Å². The lowest BCUT2D eigenvalue weighted by Gasteiger charge is -2.44. The van der Waals surface area contributed by atoms with Gasteiger partial charge < -0.3 is 10.2 Å². The number of hydrogen-bond acceptors (Lipinski definition) is 2. The molecule has 0 unspecified atom stereocenters. The highest BCUT2D eigenvalue weighted by atomic mass is 35.5. The van der Waals surface area contributed by atoms with Gasteiger partial charge in [-0.25, -0.2) is 4.39 Å². The number of hydrogen-bond donors (Lipinski definition) is 1. The summed E-state index contributed by atoms with van der Waals surface area (Å²) in [5.74, 6) is -0.230. The van der Waals surface area contributed by atoms with E-state index in [4.69, 9.17) is 11.6 Å². The standard InChI is InChI=1S/C14H20ClFN2/c1-3-14(4-2)10-18(8-7-17-14)13-9-11(16)5-6-12(13)15/h5-6,9,17H,3-4,7-8,10H2,1-2H3. The minimum atomic E-state index is -0.230. The van der Waals surface area contributed by atoms with E-state index in [-0.39, 0.29) is 11.4 Å². The summed E-state index contributed by atoms with van der Waals surface area (Å²) in [5.41, 5.74) is 0.929. The van der Waals surface area contributed by atoms with Crippen LogP contribution in [0.2, 0.25) is 5.02 Å². The Labute approximate surface area is 113 Å². The summed E-state index contributed by atoms with van der Waals surface area (Å²) in [6.07, 6.45) is 2.12. The fourth-order valence-corrected chi connectivity index (χ4v) is 2.85. The van der Waals surface area contributed by atoms with Crippen molar-refractivity contribution >= 4 is 17.3 Å². The van der Waals surface area contributed by atoms with Crippen molar-refractivity contribution in [3.63, 3.8) is 0 Å². The van der Waals surface area contributed by atoms with Crippen LogP contribution in [-0.2, 0) is 0 Å². The molecule has 1 aromatic rings. The van der Waals surface area contributed by atoms with Crippen LogP contribution >= 0.6 is 11.6 Å². The van der Waals surface area contributed by atoms with E-state index in [2.05, 4.69) is 24.1 Å². The molecule has 1 aromatic carbocycles. The predicted octanol–water partition coefficient (Wildman–Crippen LogP) is 3.45. The molecule has 1 heterocycles. The summed E-state index contributed by atoms with van der Waals surface area (Å²) in [6.45, 7) is 7.03.